The molecule has 25 heavy (non-hydrogen) atoms. The quantitative estimate of drug-likeness (QED) is 0.882. The van der Waals surface area contributed by atoms with Gasteiger partial charge in [-0.2, -0.15) is 0 Å². The molecule has 0 radical (unpaired) electrons. The molecule has 0 bridgehead atoms. The number of rotatable bonds is 4. The van der Waals surface area contributed by atoms with Crippen LogP contribution in [0.25, 0.3) is 0 Å². The summed E-state index contributed by atoms with van der Waals surface area (Å²) in [6.45, 7) is 5.04. The number of nitrogens with zero attached hydrogens (tertiary/aromatic N) is 2. The van der Waals surface area contributed by atoms with Crippen molar-refractivity contribution in [3.8, 4) is 0 Å². The van der Waals surface area contributed by atoms with E-state index >= 15 is 0 Å². The number of carbonyl (C=O) groups is 1. The third kappa shape index (κ3) is 5.44. The van der Waals surface area contributed by atoms with Gasteiger partial charge in [0.2, 0.25) is 0 Å². The van der Waals surface area contributed by atoms with Gasteiger partial charge >= 0.3 is 6.03 Å². The Balaban J connectivity index is 1.56. The molecule has 3 rings (SSSR count). The zero-order valence-electron chi connectivity index (χ0n) is 15.1. The van der Waals surface area contributed by atoms with Gasteiger partial charge in [0.15, 0.2) is 0 Å². The molecule has 2 fully saturated rings. The summed E-state index contributed by atoms with van der Waals surface area (Å²) < 4.78 is 0. The third-order valence-corrected chi connectivity index (χ3v) is 5.32. The molecule has 0 aliphatic carbocycles. The van der Waals surface area contributed by atoms with Crippen molar-refractivity contribution < 1.29 is 9.90 Å². The first-order chi connectivity index (χ1) is 12.2. The molecule has 0 spiro atoms. The third-order valence-electron chi connectivity index (χ3n) is 5.32. The Morgan fingerprint density at radius 3 is 2.48 bits per heavy atom. The van der Waals surface area contributed by atoms with Crippen molar-refractivity contribution in [1.82, 2.24) is 15.1 Å². The summed E-state index contributed by atoms with van der Waals surface area (Å²) in [4.78, 5) is 16.6. The number of likely N-dealkylation sites (tertiary alicyclic amines) is 2. The Hall–Kier alpha value is -1.59. The van der Waals surface area contributed by atoms with Gasteiger partial charge in [0.1, 0.15) is 0 Å². The number of amides is 2. The van der Waals surface area contributed by atoms with E-state index in [1.54, 1.807) is 4.90 Å². The zero-order chi connectivity index (χ0) is 17.5. The molecule has 138 valence electrons. The molecule has 1 unspecified atom stereocenters. The number of aliphatic hydroxyl groups is 1. The zero-order valence-corrected chi connectivity index (χ0v) is 15.1. The minimum atomic E-state index is -0.380. The predicted octanol–water partition coefficient (Wildman–Crippen LogP) is 2.73. The topological polar surface area (TPSA) is 55.8 Å². The summed E-state index contributed by atoms with van der Waals surface area (Å²) in [5.41, 5.74) is 2.50. The fourth-order valence-corrected chi connectivity index (χ4v) is 3.84. The summed E-state index contributed by atoms with van der Waals surface area (Å²) in [5, 5.41) is 12.8. The summed E-state index contributed by atoms with van der Waals surface area (Å²) in [6.07, 6.45) is 6.55. The maximum absolute atomic E-state index is 12.4. The lowest BCUT2D eigenvalue weighted by Crippen LogP contribution is -2.46. The van der Waals surface area contributed by atoms with Crippen LogP contribution in [0.1, 0.15) is 49.7 Å². The van der Waals surface area contributed by atoms with Gasteiger partial charge in [-0.15, -0.1) is 0 Å². The highest BCUT2D eigenvalue weighted by Crippen LogP contribution is 2.16. The Bertz CT molecular complexity index is 556. The van der Waals surface area contributed by atoms with Crippen molar-refractivity contribution in [2.45, 2.75) is 57.7 Å². The van der Waals surface area contributed by atoms with E-state index < -0.39 is 0 Å². The van der Waals surface area contributed by atoms with E-state index in [9.17, 15) is 9.90 Å². The number of aliphatic hydroxyl groups excluding tert-OH is 1. The number of carbonyl (C=O) groups excluding carboxylic acids is 1. The number of β-amino-alcohol motifs (C(OH)–C–C–N with tert-alkyl or cyclic N) is 1. The second-order valence-electron chi connectivity index (χ2n) is 7.36. The Morgan fingerprint density at radius 1 is 1.04 bits per heavy atom. The molecule has 2 aliphatic rings. The number of piperidine rings is 1. The van der Waals surface area contributed by atoms with E-state index in [2.05, 4.69) is 28.4 Å². The SMILES string of the molecule is O=C(NCc1ccccc1CN1CCCCCC1)N1CCCC(O)C1. The molecular weight excluding hydrogens is 314 g/mol. The van der Waals surface area contributed by atoms with Crippen LogP contribution in [0.2, 0.25) is 0 Å². The van der Waals surface area contributed by atoms with Gasteiger partial charge in [-0.05, 0) is 49.9 Å². The molecule has 1 aromatic rings. The standard InChI is InChI=1S/C20H31N3O2/c24-19-10-7-13-23(16-19)20(25)21-14-17-8-3-4-9-18(17)15-22-11-5-1-2-6-12-22/h3-4,8-9,19,24H,1-2,5-7,10-16H2,(H,21,25). The predicted molar refractivity (Wildman–Crippen MR) is 99.2 cm³/mol. The van der Waals surface area contributed by atoms with Crippen LogP contribution in [0, 0.1) is 0 Å². The number of nitrogens with one attached hydrogen (secondary N) is 1. The van der Waals surface area contributed by atoms with Crippen molar-refractivity contribution in [2.24, 2.45) is 0 Å². The number of hydrogen-bond donors (Lipinski definition) is 2. The highest BCUT2D eigenvalue weighted by Gasteiger charge is 2.22. The molecular formula is C20H31N3O2. The molecule has 2 aliphatic heterocycles. The van der Waals surface area contributed by atoms with Crippen molar-refractivity contribution in [2.75, 3.05) is 26.2 Å². The minimum absolute atomic E-state index is 0.0664. The van der Waals surface area contributed by atoms with Crippen molar-refractivity contribution in [3.63, 3.8) is 0 Å². The summed E-state index contributed by atoms with van der Waals surface area (Å²) in [7, 11) is 0. The van der Waals surface area contributed by atoms with Crippen LogP contribution in [0.5, 0.6) is 0 Å². The van der Waals surface area contributed by atoms with Gasteiger partial charge in [0.25, 0.3) is 0 Å². The summed E-state index contributed by atoms with van der Waals surface area (Å²) in [5.74, 6) is 0. The molecule has 2 heterocycles. The van der Waals surface area contributed by atoms with Gasteiger partial charge < -0.3 is 15.3 Å². The fourth-order valence-electron chi connectivity index (χ4n) is 3.84. The van der Waals surface area contributed by atoms with Crippen molar-refractivity contribution in [3.05, 3.63) is 35.4 Å². The van der Waals surface area contributed by atoms with Crippen LogP contribution >= 0.6 is 0 Å². The van der Waals surface area contributed by atoms with Crippen molar-refractivity contribution >= 4 is 6.03 Å². The molecule has 5 nitrogen and oxygen atoms in total. The first-order valence-corrected chi connectivity index (χ1v) is 9.72. The molecule has 2 N–H and O–H groups in total. The van der Waals surface area contributed by atoms with Gasteiger partial charge in [0.05, 0.1) is 6.10 Å². The normalized spacial score (nSPS) is 22.4. The lowest BCUT2D eigenvalue weighted by molar-refractivity contribution is 0.0841. The molecule has 0 saturated carbocycles. The average molecular weight is 345 g/mol. The fraction of sp³-hybridized carbons (Fsp3) is 0.650. The molecule has 1 aromatic carbocycles. The van der Waals surface area contributed by atoms with E-state index in [1.165, 1.54) is 49.9 Å². The van der Waals surface area contributed by atoms with Crippen molar-refractivity contribution in [1.29, 1.82) is 0 Å². The van der Waals surface area contributed by atoms with E-state index in [0.717, 1.165) is 25.9 Å². The maximum Gasteiger partial charge on any atom is 0.317 e. The van der Waals surface area contributed by atoms with E-state index in [4.69, 9.17) is 0 Å². The van der Waals surface area contributed by atoms with Crippen LogP contribution in [0.4, 0.5) is 4.79 Å². The van der Waals surface area contributed by atoms with Crippen LogP contribution in [-0.2, 0) is 13.1 Å². The summed E-state index contributed by atoms with van der Waals surface area (Å²) in [6, 6.07) is 8.34. The van der Waals surface area contributed by atoms with Gasteiger partial charge in [-0.3, -0.25) is 4.90 Å². The van der Waals surface area contributed by atoms with Crippen LogP contribution in [-0.4, -0.2) is 53.2 Å². The number of benzene rings is 1. The average Bonchev–Trinajstić information content (AvgIpc) is 2.89. The first kappa shape index (κ1) is 18.2. The Labute approximate surface area is 151 Å². The maximum atomic E-state index is 12.4. The number of hydrogen-bond acceptors (Lipinski definition) is 3. The first-order valence-electron chi connectivity index (χ1n) is 9.72. The largest absolute Gasteiger partial charge is 0.391 e. The van der Waals surface area contributed by atoms with Gasteiger partial charge in [0, 0.05) is 26.2 Å². The molecule has 2 saturated heterocycles. The van der Waals surface area contributed by atoms with Gasteiger partial charge in [-0.25, -0.2) is 4.79 Å². The second kappa shape index (κ2) is 9.20. The monoisotopic (exact) mass is 345 g/mol. The van der Waals surface area contributed by atoms with E-state index in [1.807, 2.05) is 6.07 Å². The Kier molecular flexibility index (Phi) is 6.70. The molecule has 1 atom stereocenters. The smallest absolute Gasteiger partial charge is 0.317 e. The lowest BCUT2D eigenvalue weighted by atomic mass is 10.1. The lowest BCUT2D eigenvalue weighted by Gasteiger charge is -2.30. The highest BCUT2D eigenvalue weighted by atomic mass is 16.3. The van der Waals surface area contributed by atoms with Crippen LogP contribution < -0.4 is 5.32 Å². The van der Waals surface area contributed by atoms with E-state index in [0.29, 0.717) is 13.1 Å². The minimum Gasteiger partial charge on any atom is -0.391 e. The molecule has 5 heteroatoms. The van der Waals surface area contributed by atoms with E-state index in [-0.39, 0.29) is 12.1 Å². The summed E-state index contributed by atoms with van der Waals surface area (Å²) >= 11 is 0. The molecule has 0 aromatic heterocycles. The molecule has 2 amide bonds. The Morgan fingerprint density at radius 2 is 1.76 bits per heavy atom. The second-order valence-corrected chi connectivity index (χ2v) is 7.36. The van der Waals surface area contributed by atoms with Crippen LogP contribution in [0.3, 0.4) is 0 Å². The van der Waals surface area contributed by atoms with Crippen LogP contribution in [0.15, 0.2) is 24.3 Å². The number of urea groups is 1. The highest BCUT2D eigenvalue weighted by molar-refractivity contribution is 5.74. The van der Waals surface area contributed by atoms with Gasteiger partial charge in [-0.1, -0.05) is 37.1 Å².